The summed E-state index contributed by atoms with van der Waals surface area (Å²) in [7, 11) is 0. The number of halogens is 1. The van der Waals surface area contributed by atoms with Crippen molar-refractivity contribution in [3.63, 3.8) is 0 Å². The third-order valence-electron chi connectivity index (χ3n) is 2.39. The summed E-state index contributed by atoms with van der Waals surface area (Å²) >= 11 is 9.09. The molecule has 2 nitrogen and oxygen atoms in total. The van der Waals surface area contributed by atoms with Gasteiger partial charge in [0.15, 0.2) is 0 Å². The second-order valence-corrected chi connectivity index (χ2v) is 6.24. The summed E-state index contributed by atoms with van der Waals surface area (Å²) in [4.78, 5) is 6.44. The fraction of sp³-hybridized carbons (Fsp3) is 0.364. The van der Waals surface area contributed by atoms with E-state index >= 15 is 0 Å². The second-order valence-electron chi connectivity index (χ2n) is 3.60. The van der Waals surface area contributed by atoms with Crippen molar-refractivity contribution in [1.29, 1.82) is 0 Å². The molecule has 1 unspecified atom stereocenters. The van der Waals surface area contributed by atoms with Crippen LogP contribution in [0.3, 0.4) is 0 Å². The first-order valence-corrected chi connectivity index (χ1v) is 6.99. The highest BCUT2D eigenvalue weighted by Gasteiger charge is 2.16. The number of thiazole rings is 1. The van der Waals surface area contributed by atoms with E-state index in [0.29, 0.717) is 11.4 Å². The van der Waals surface area contributed by atoms with Crippen molar-refractivity contribution in [3.8, 4) is 0 Å². The molecular formula is C11H12ClNOS2. The van der Waals surface area contributed by atoms with Gasteiger partial charge in [0.1, 0.15) is 0 Å². The molecule has 1 atom stereocenters. The first-order chi connectivity index (χ1) is 7.58. The summed E-state index contributed by atoms with van der Waals surface area (Å²) in [6.07, 6.45) is -0.00278. The van der Waals surface area contributed by atoms with E-state index in [1.165, 1.54) is 16.2 Å². The van der Waals surface area contributed by atoms with Gasteiger partial charge in [0.2, 0.25) is 0 Å². The van der Waals surface area contributed by atoms with E-state index in [2.05, 4.69) is 4.98 Å². The van der Waals surface area contributed by atoms with Crippen molar-refractivity contribution in [2.45, 2.75) is 26.4 Å². The highest BCUT2D eigenvalue weighted by atomic mass is 35.5. The number of nitrogens with zero attached hydrogens (tertiary/aromatic N) is 1. The Morgan fingerprint density at radius 2 is 2.25 bits per heavy atom. The van der Waals surface area contributed by atoms with E-state index in [-0.39, 0.29) is 0 Å². The minimum atomic E-state index is -0.544. The number of aromatic nitrogens is 1. The standard InChI is InChI=1S/C11H12ClNOS2/c1-6-7(2)16-10(13-6)5-9(14)11-8(12)3-4-15-11/h3-4,9,14H,5H2,1-2H3. The zero-order valence-corrected chi connectivity index (χ0v) is 11.4. The molecule has 0 aliphatic carbocycles. The zero-order chi connectivity index (χ0) is 11.7. The van der Waals surface area contributed by atoms with Crippen molar-refractivity contribution < 1.29 is 5.11 Å². The Morgan fingerprint density at radius 1 is 1.50 bits per heavy atom. The molecule has 2 rings (SSSR count). The molecule has 0 saturated carbocycles. The van der Waals surface area contributed by atoms with Gasteiger partial charge in [-0.1, -0.05) is 11.6 Å². The number of hydrogen-bond donors (Lipinski definition) is 1. The summed E-state index contributed by atoms with van der Waals surface area (Å²) in [5.41, 5.74) is 1.05. The van der Waals surface area contributed by atoms with Crippen molar-refractivity contribution in [2.24, 2.45) is 0 Å². The largest absolute Gasteiger partial charge is 0.387 e. The molecular weight excluding hydrogens is 262 g/mol. The number of aliphatic hydroxyl groups excluding tert-OH is 1. The lowest BCUT2D eigenvalue weighted by Crippen LogP contribution is -1.99. The number of aliphatic hydroxyl groups is 1. The molecule has 0 spiro atoms. The molecule has 16 heavy (non-hydrogen) atoms. The minimum absolute atomic E-state index is 0.541. The fourth-order valence-corrected chi connectivity index (χ4v) is 3.57. The molecule has 0 saturated heterocycles. The third kappa shape index (κ3) is 2.46. The summed E-state index contributed by atoms with van der Waals surface area (Å²) in [5, 5.41) is 13.5. The van der Waals surface area contributed by atoms with Crippen LogP contribution in [-0.4, -0.2) is 10.1 Å². The summed E-state index contributed by atoms with van der Waals surface area (Å²) < 4.78 is 0. The van der Waals surface area contributed by atoms with Gasteiger partial charge in [0.05, 0.1) is 26.7 Å². The molecule has 86 valence electrons. The van der Waals surface area contributed by atoms with Crippen molar-refractivity contribution >= 4 is 34.3 Å². The molecule has 0 aromatic carbocycles. The number of rotatable bonds is 3. The van der Waals surface area contributed by atoms with E-state index in [0.717, 1.165) is 15.6 Å². The van der Waals surface area contributed by atoms with Crippen LogP contribution < -0.4 is 0 Å². The maximum atomic E-state index is 10.0. The molecule has 0 fully saturated rings. The van der Waals surface area contributed by atoms with Crippen LogP contribution in [-0.2, 0) is 6.42 Å². The maximum Gasteiger partial charge on any atom is 0.0960 e. The fourth-order valence-electron chi connectivity index (χ4n) is 1.43. The van der Waals surface area contributed by atoms with Crippen LogP contribution in [0, 0.1) is 13.8 Å². The molecule has 0 aliphatic rings. The van der Waals surface area contributed by atoms with E-state index in [4.69, 9.17) is 11.6 Å². The van der Waals surface area contributed by atoms with E-state index in [1.54, 1.807) is 11.3 Å². The summed E-state index contributed by atoms with van der Waals surface area (Å²) in [6, 6.07) is 1.81. The molecule has 2 aromatic rings. The van der Waals surface area contributed by atoms with Crippen LogP contribution >= 0.6 is 34.3 Å². The van der Waals surface area contributed by atoms with Gasteiger partial charge in [-0.15, -0.1) is 22.7 Å². The van der Waals surface area contributed by atoms with Gasteiger partial charge >= 0.3 is 0 Å². The first kappa shape index (κ1) is 12.0. The number of hydrogen-bond acceptors (Lipinski definition) is 4. The van der Waals surface area contributed by atoms with Crippen molar-refractivity contribution in [2.75, 3.05) is 0 Å². The van der Waals surface area contributed by atoms with Gasteiger partial charge in [-0.3, -0.25) is 0 Å². The van der Waals surface area contributed by atoms with Crippen LogP contribution in [0.4, 0.5) is 0 Å². The first-order valence-electron chi connectivity index (χ1n) is 4.91. The van der Waals surface area contributed by atoms with Gasteiger partial charge in [-0.2, -0.15) is 0 Å². The number of thiophene rings is 1. The minimum Gasteiger partial charge on any atom is -0.387 e. The molecule has 0 bridgehead atoms. The molecule has 0 aliphatic heterocycles. The van der Waals surface area contributed by atoms with Gasteiger partial charge in [0.25, 0.3) is 0 Å². The molecule has 0 radical (unpaired) electrons. The van der Waals surface area contributed by atoms with Crippen molar-refractivity contribution in [3.05, 3.63) is 36.9 Å². The SMILES string of the molecule is Cc1nc(CC(O)c2sccc2Cl)sc1C. The average Bonchev–Trinajstić information content (AvgIpc) is 2.74. The van der Waals surface area contributed by atoms with Crippen LogP contribution in [0.1, 0.15) is 26.6 Å². The lowest BCUT2D eigenvalue weighted by Gasteiger charge is -2.06. The predicted molar refractivity (Wildman–Crippen MR) is 69.6 cm³/mol. The maximum absolute atomic E-state index is 10.0. The Hall–Kier alpha value is -0.420. The highest BCUT2D eigenvalue weighted by Crippen LogP contribution is 2.31. The lowest BCUT2D eigenvalue weighted by atomic mass is 10.2. The van der Waals surface area contributed by atoms with E-state index in [1.807, 2.05) is 25.3 Å². The molecule has 2 heterocycles. The Morgan fingerprint density at radius 3 is 2.75 bits per heavy atom. The Bertz CT molecular complexity index is 472. The van der Waals surface area contributed by atoms with E-state index < -0.39 is 6.10 Å². The van der Waals surface area contributed by atoms with Gasteiger partial charge in [0, 0.05) is 11.3 Å². The molecule has 1 N–H and O–H groups in total. The average molecular weight is 274 g/mol. The zero-order valence-electron chi connectivity index (χ0n) is 9.03. The monoisotopic (exact) mass is 273 g/mol. The van der Waals surface area contributed by atoms with Crippen LogP contribution in [0.2, 0.25) is 5.02 Å². The molecule has 0 amide bonds. The van der Waals surface area contributed by atoms with Crippen LogP contribution in [0.5, 0.6) is 0 Å². The van der Waals surface area contributed by atoms with Crippen LogP contribution in [0.25, 0.3) is 0 Å². The lowest BCUT2D eigenvalue weighted by molar-refractivity contribution is 0.182. The van der Waals surface area contributed by atoms with Gasteiger partial charge in [-0.25, -0.2) is 4.98 Å². The van der Waals surface area contributed by atoms with Crippen molar-refractivity contribution in [1.82, 2.24) is 4.98 Å². The topological polar surface area (TPSA) is 33.1 Å². The Kier molecular flexibility index (Phi) is 3.64. The van der Waals surface area contributed by atoms with Gasteiger partial charge < -0.3 is 5.11 Å². The second kappa shape index (κ2) is 4.84. The molecule has 5 heteroatoms. The Labute approximate surface area is 108 Å². The predicted octanol–water partition coefficient (Wildman–Crippen LogP) is 3.75. The summed E-state index contributed by atoms with van der Waals surface area (Å²) in [6.45, 7) is 4.03. The quantitative estimate of drug-likeness (QED) is 0.924. The van der Waals surface area contributed by atoms with Crippen LogP contribution in [0.15, 0.2) is 11.4 Å². The third-order valence-corrected chi connectivity index (χ3v) is 4.94. The van der Waals surface area contributed by atoms with E-state index in [9.17, 15) is 5.11 Å². The summed E-state index contributed by atoms with van der Waals surface area (Å²) in [5.74, 6) is 0. The molecule has 2 aromatic heterocycles. The highest BCUT2D eigenvalue weighted by molar-refractivity contribution is 7.11. The smallest absolute Gasteiger partial charge is 0.0960 e. The normalized spacial score (nSPS) is 13.0. The number of aryl methyl sites for hydroxylation is 2. The Balaban J connectivity index is 2.13. The van der Waals surface area contributed by atoms with Gasteiger partial charge in [-0.05, 0) is 25.3 Å².